The normalized spacial score (nSPS) is 11.7. The lowest BCUT2D eigenvalue weighted by Gasteiger charge is -2.18. The maximum atomic E-state index is 2.52. The molecule has 1 nitrogen and oxygen atoms in total. The molecule has 0 aliphatic heterocycles. The van der Waals surface area contributed by atoms with E-state index in [9.17, 15) is 0 Å². The quantitative estimate of drug-likeness (QED) is 0.195. The van der Waals surface area contributed by atoms with Crippen LogP contribution in [0.5, 0.6) is 0 Å². The van der Waals surface area contributed by atoms with Crippen molar-refractivity contribution in [2.75, 3.05) is 0 Å². The Balaban J connectivity index is 1.51. The Morgan fingerprint density at radius 3 is 1.77 bits per heavy atom. The maximum Gasteiger partial charge on any atom is 0.0626 e. The van der Waals surface area contributed by atoms with Gasteiger partial charge in [0, 0.05) is 27.1 Å². The molecule has 9 rings (SSSR count). The summed E-state index contributed by atoms with van der Waals surface area (Å²) in [6, 6.07) is 59.7. The molecule has 43 heavy (non-hydrogen) atoms. The number of fused-ring (bicyclic) bond motifs is 10. The molecule has 0 amide bonds. The van der Waals surface area contributed by atoms with Gasteiger partial charge in [0.05, 0.1) is 16.7 Å². The smallest absolute Gasteiger partial charge is 0.0626 e. The molecule has 0 unspecified atom stereocenters. The second-order valence-electron chi connectivity index (χ2n) is 11.3. The van der Waals surface area contributed by atoms with Crippen molar-refractivity contribution in [3.8, 4) is 27.9 Å². The van der Waals surface area contributed by atoms with Gasteiger partial charge >= 0.3 is 0 Å². The van der Waals surface area contributed by atoms with Crippen molar-refractivity contribution < 1.29 is 0 Å². The van der Waals surface area contributed by atoms with E-state index in [2.05, 4.69) is 168 Å². The van der Waals surface area contributed by atoms with Gasteiger partial charge in [-0.25, -0.2) is 0 Å². The van der Waals surface area contributed by atoms with Crippen molar-refractivity contribution in [3.05, 3.63) is 164 Å². The van der Waals surface area contributed by atoms with Crippen LogP contribution in [0, 0.1) is 0 Å². The monoisotopic (exact) mass is 545 g/mol. The number of benzene rings is 8. The molecule has 0 atom stereocenters. The van der Waals surface area contributed by atoms with Crippen LogP contribution in [0.2, 0.25) is 0 Å². The maximum absolute atomic E-state index is 2.52. The van der Waals surface area contributed by atoms with E-state index < -0.39 is 0 Å². The predicted octanol–water partition coefficient (Wildman–Crippen LogP) is 11.6. The Labute approximate surface area is 249 Å². The molecule has 0 saturated carbocycles. The summed E-state index contributed by atoms with van der Waals surface area (Å²) in [4.78, 5) is 0. The first-order chi connectivity index (χ1) is 21.4. The van der Waals surface area contributed by atoms with Gasteiger partial charge < -0.3 is 4.57 Å². The van der Waals surface area contributed by atoms with Crippen LogP contribution in [0.25, 0.3) is 82.1 Å². The summed E-state index contributed by atoms with van der Waals surface area (Å²) >= 11 is 0. The van der Waals surface area contributed by atoms with Crippen LogP contribution in [0.15, 0.2) is 164 Å². The SMILES string of the molecule is c1ccc(-c2ccc(-n3c4ccccc4c4c5c6ccccc6ccc5c5ccccc5c43)c(-c3ccccc3)c2)cc1. The molecule has 0 bridgehead atoms. The molecule has 0 fully saturated rings. The number of nitrogens with zero attached hydrogens (tertiary/aromatic N) is 1. The zero-order valence-corrected chi connectivity index (χ0v) is 23.5. The second-order valence-corrected chi connectivity index (χ2v) is 11.3. The second kappa shape index (κ2) is 9.44. The van der Waals surface area contributed by atoms with Crippen molar-refractivity contribution in [2.24, 2.45) is 0 Å². The van der Waals surface area contributed by atoms with Gasteiger partial charge in [-0.2, -0.15) is 0 Å². The van der Waals surface area contributed by atoms with E-state index in [1.54, 1.807) is 0 Å². The van der Waals surface area contributed by atoms with Crippen LogP contribution in [0.3, 0.4) is 0 Å². The summed E-state index contributed by atoms with van der Waals surface area (Å²) in [7, 11) is 0. The third-order valence-electron chi connectivity index (χ3n) is 8.96. The first-order valence-electron chi connectivity index (χ1n) is 14.9. The summed E-state index contributed by atoms with van der Waals surface area (Å²) in [6.45, 7) is 0. The highest BCUT2D eigenvalue weighted by atomic mass is 15.0. The highest BCUT2D eigenvalue weighted by molar-refractivity contribution is 6.36. The van der Waals surface area contributed by atoms with E-state index in [4.69, 9.17) is 0 Å². The number of aromatic nitrogens is 1. The van der Waals surface area contributed by atoms with Crippen molar-refractivity contribution in [1.82, 2.24) is 4.57 Å². The summed E-state index contributed by atoms with van der Waals surface area (Å²) in [6.07, 6.45) is 0. The summed E-state index contributed by atoms with van der Waals surface area (Å²) in [5, 5.41) is 10.3. The highest BCUT2D eigenvalue weighted by Gasteiger charge is 2.22. The van der Waals surface area contributed by atoms with Crippen molar-refractivity contribution >= 4 is 54.1 Å². The molecule has 1 aromatic heterocycles. The molecule has 1 heterocycles. The van der Waals surface area contributed by atoms with Gasteiger partial charge in [0.15, 0.2) is 0 Å². The van der Waals surface area contributed by atoms with Gasteiger partial charge in [0.1, 0.15) is 0 Å². The Hall–Kier alpha value is -5.66. The van der Waals surface area contributed by atoms with E-state index in [0.29, 0.717) is 0 Å². The van der Waals surface area contributed by atoms with Gasteiger partial charge in [-0.05, 0) is 56.4 Å². The van der Waals surface area contributed by atoms with E-state index in [1.165, 1.54) is 82.1 Å². The average Bonchev–Trinajstić information content (AvgIpc) is 3.44. The third-order valence-corrected chi connectivity index (χ3v) is 8.96. The molecular weight excluding hydrogens is 518 g/mol. The minimum atomic E-state index is 1.18. The molecule has 200 valence electrons. The number of hydrogen-bond acceptors (Lipinski definition) is 0. The van der Waals surface area contributed by atoms with Gasteiger partial charge in [-0.1, -0.05) is 146 Å². The lowest BCUT2D eigenvalue weighted by molar-refractivity contribution is 1.19. The molecule has 9 aromatic rings. The van der Waals surface area contributed by atoms with E-state index in [-0.39, 0.29) is 0 Å². The highest BCUT2D eigenvalue weighted by Crippen LogP contribution is 2.46. The fourth-order valence-electron chi connectivity index (χ4n) is 7.08. The molecule has 8 aromatic carbocycles. The number of hydrogen-bond donors (Lipinski definition) is 0. The van der Waals surface area contributed by atoms with Crippen LogP contribution >= 0.6 is 0 Å². The molecule has 0 spiro atoms. The Bertz CT molecular complexity index is 2480. The van der Waals surface area contributed by atoms with Crippen LogP contribution in [0.1, 0.15) is 0 Å². The fourth-order valence-corrected chi connectivity index (χ4v) is 7.08. The Morgan fingerprint density at radius 1 is 0.349 bits per heavy atom. The summed E-state index contributed by atoms with van der Waals surface area (Å²) < 4.78 is 2.52. The van der Waals surface area contributed by atoms with Crippen LogP contribution < -0.4 is 0 Å². The zero-order valence-electron chi connectivity index (χ0n) is 23.5. The van der Waals surface area contributed by atoms with Crippen LogP contribution in [0.4, 0.5) is 0 Å². The summed E-state index contributed by atoms with van der Waals surface area (Å²) in [5.41, 5.74) is 8.50. The molecule has 0 saturated heterocycles. The first kappa shape index (κ1) is 24.0. The van der Waals surface area contributed by atoms with Gasteiger partial charge in [-0.3, -0.25) is 0 Å². The van der Waals surface area contributed by atoms with Crippen LogP contribution in [-0.4, -0.2) is 4.57 Å². The minimum Gasteiger partial charge on any atom is -0.308 e. The van der Waals surface area contributed by atoms with E-state index in [0.717, 1.165) is 0 Å². The third kappa shape index (κ3) is 3.58. The lowest BCUT2D eigenvalue weighted by atomic mass is 9.92. The van der Waals surface area contributed by atoms with Gasteiger partial charge in [0.2, 0.25) is 0 Å². The van der Waals surface area contributed by atoms with Crippen molar-refractivity contribution in [1.29, 1.82) is 0 Å². The molecule has 0 aliphatic rings. The van der Waals surface area contributed by atoms with Crippen molar-refractivity contribution in [2.45, 2.75) is 0 Å². The zero-order chi connectivity index (χ0) is 28.3. The molecule has 0 radical (unpaired) electrons. The van der Waals surface area contributed by atoms with Crippen molar-refractivity contribution in [3.63, 3.8) is 0 Å². The fraction of sp³-hybridized carbons (Fsp3) is 0. The summed E-state index contributed by atoms with van der Waals surface area (Å²) in [5.74, 6) is 0. The lowest BCUT2D eigenvalue weighted by Crippen LogP contribution is -1.99. The molecule has 0 N–H and O–H groups in total. The number of para-hydroxylation sites is 1. The molecule has 1 heteroatoms. The van der Waals surface area contributed by atoms with E-state index in [1.807, 2.05) is 0 Å². The first-order valence-corrected chi connectivity index (χ1v) is 14.9. The predicted molar refractivity (Wildman–Crippen MR) is 184 cm³/mol. The topological polar surface area (TPSA) is 4.93 Å². The Morgan fingerprint density at radius 2 is 0.977 bits per heavy atom. The van der Waals surface area contributed by atoms with Gasteiger partial charge in [0.25, 0.3) is 0 Å². The average molecular weight is 546 g/mol. The molecular formula is C42H27N. The number of rotatable bonds is 3. The van der Waals surface area contributed by atoms with Gasteiger partial charge in [-0.15, -0.1) is 0 Å². The minimum absolute atomic E-state index is 1.18. The molecule has 0 aliphatic carbocycles. The van der Waals surface area contributed by atoms with E-state index >= 15 is 0 Å². The largest absolute Gasteiger partial charge is 0.308 e. The Kier molecular flexibility index (Phi) is 5.27. The van der Waals surface area contributed by atoms with Crippen LogP contribution in [-0.2, 0) is 0 Å². The standard InChI is InChI=1S/C42H27N/c1-3-13-28(14-4-1)31-24-26-39(37(27-31)29-15-5-2-6-16-29)43-38-22-12-11-21-36(38)41-40-32-18-8-7-17-30(32)23-25-34(40)33-19-9-10-20-35(33)42(41)43/h1-27H.